The number of hydrogen-bond donors (Lipinski definition) is 1. The van der Waals surface area contributed by atoms with Crippen molar-refractivity contribution < 1.29 is 19.1 Å². The molecule has 0 aliphatic heterocycles. The van der Waals surface area contributed by atoms with E-state index in [0.717, 1.165) is 16.9 Å². The molecule has 0 unspecified atom stereocenters. The van der Waals surface area contributed by atoms with Crippen LogP contribution in [0, 0.1) is 0 Å². The van der Waals surface area contributed by atoms with Crippen LogP contribution in [-0.4, -0.2) is 25.6 Å². The summed E-state index contributed by atoms with van der Waals surface area (Å²) in [5.74, 6) is -0.213. The summed E-state index contributed by atoms with van der Waals surface area (Å²) >= 11 is 5.78. The van der Waals surface area contributed by atoms with Crippen LogP contribution in [0.2, 0.25) is 5.02 Å². The summed E-state index contributed by atoms with van der Waals surface area (Å²) < 4.78 is 9.95. The van der Waals surface area contributed by atoms with Gasteiger partial charge >= 0.3 is 5.97 Å². The molecule has 1 N–H and O–H groups in total. The second-order valence-corrected chi connectivity index (χ2v) is 5.55. The van der Waals surface area contributed by atoms with Gasteiger partial charge in [-0.3, -0.25) is 4.79 Å². The van der Waals surface area contributed by atoms with Gasteiger partial charge in [-0.25, -0.2) is 4.79 Å². The molecule has 0 spiro atoms. The average Bonchev–Trinajstić information content (AvgIpc) is 2.64. The fraction of sp³-hybridized carbons (Fsp3) is 0.158. The van der Waals surface area contributed by atoms with Crippen LogP contribution in [0.4, 0.5) is 0 Å². The average molecular weight is 360 g/mol. The predicted octanol–water partition coefficient (Wildman–Crippen LogP) is 3.22. The largest absolute Gasteiger partial charge is 0.497 e. The van der Waals surface area contributed by atoms with E-state index in [-0.39, 0.29) is 12.5 Å². The van der Waals surface area contributed by atoms with Crippen molar-refractivity contribution in [1.29, 1.82) is 0 Å². The first-order chi connectivity index (χ1) is 12.1. The predicted molar refractivity (Wildman–Crippen MR) is 96.3 cm³/mol. The Morgan fingerprint density at radius 1 is 1.08 bits per heavy atom. The van der Waals surface area contributed by atoms with Crippen molar-refractivity contribution in [3.05, 3.63) is 70.8 Å². The van der Waals surface area contributed by atoms with Crippen molar-refractivity contribution in [2.24, 2.45) is 0 Å². The van der Waals surface area contributed by atoms with Crippen molar-refractivity contribution in [3.63, 3.8) is 0 Å². The minimum absolute atomic E-state index is 0.333. The molecule has 5 nitrogen and oxygen atoms in total. The summed E-state index contributed by atoms with van der Waals surface area (Å²) in [4.78, 5) is 23.3. The molecular weight excluding hydrogens is 342 g/mol. The van der Waals surface area contributed by atoms with E-state index in [9.17, 15) is 9.59 Å². The Hall–Kier alpha value is -2.79. The monoisotopic (exact) mass is 359 g/mol. The number of ether oxygens (including phenoxy) is 2. The zero-order chi connectivity index (χ0) is 18.1. The number of nitrogens with one attached hydrogen (secondary N) is 1. The molecule has 0 atom stereocenters. The Morgan fingerprint density at radius 2 is 1.76 bits per heavy atom. The van der Waals surface area contributed by atoms with Gasteiger partial charge in [0.25, 0.3) is 5.91 Å². The molecule has 0 aliphatic carbocycles. The van der Waals surface area contributed by atoms with Crippen LogP contribution in [0.3, 0.4) is 0 Å². The summed E-state index contributed by atoms with van der Waals surface area (Å²) in [6.45, 7) is 0.0148. The van der Waals surface area contributed by atoms with Gasteiger partial charge < -0.3 is 14.8 Å². The summed E-state index contributed by atoms with van der Waals surface area (Å²) in [6, 6.07) is 14.3. The number of amides is 1. The van der Waals surface area contributed by atoms with E-state index in [1.807, 2.05) is 24.3 Å². The zero-order valence-corrected chi connectivity index (χ0v) is 14.5. The maximum absolute atomic E-state index is 11.7. The Bertz CT molecular complexity index is 739. The van der Waals surface area contributed by atoms with Gasteiger partial charge in [0.1, 0.15) is 5.75 Å². The molecule has 0 radical (unpaired) electrons. The lowest BCUT2D eigenvalue weighted by atomic mass is 10.2. The highest BCUT2D eigenvalue weighted by Crippen LogP contribution is 2.11. The summed E-state index contributed by atoms with van der Waals surface area (Å²) in [7, 11) is 1.59. The highest BCUT2D eigenvalue weighted by atomic mass is 35.5. The van der Waals surface area contributed by atoms with Crippen molar-refractivity contribution in [2.45, 2.75) is 6.54 Å². The molecule has 0 bridgehead atoms. The first-order valence-electron chi connectivity index (χ1n) is 7.57. The minimum Gasteiger partial charge on any atom is -0.497 e. The third-order valence-electron chi connectivity index (χ3n) is 3.28. The SMILES string of the molecule is COc1ccc(CNC(=O)COC(=O)/C=C/c2ccc(Cl)cc2)cc1. The lowest BCUT2D eigenvalue weighted by Crippen LogP contribution is -2.28. The van der Waals surface area contributed by atoms with E-state index in [0.29, 0.717) is 11.6 Å². The van der Waals surface area contributed by atoms with Gasteiger partial charge in [0, 0.05) is 17.6 Å². The van der Waals surface area contributed by atoms with Gasteiger partial charge in [0.2, 0.25) is 0 Å². The van der Waals surface area contributed by atoms with Crippen LogP contribution in [-0.2, 0) is 20.9 Å². The Labute approximate surface area is 151 Å². The van der Waals surface area contributed by atoms with Crippen LogP contribution < -0.4 is 10.1 Å². The number of rotatable bonds is 7. The highest BCUT2D eigenvalue weighted by Gasteiger charge is 2.05. The number of carbonyl (C=O) groups is 2. The third kappa shape index (κ3) is 6.69. The van der Waals surface area contributed by atoms with E-state index in [2.05, 4.69) is 5.32 Å². The fourth-order valence-electron chi connectivity index (χ4n) is 1.92. The molecule has 0 heterocycles. The molecule has 0 aliphatic rings. The van der Waals surface area contributed by atoms with Crippen LogP contribution in [0.5, 0.6) is 5.75 Å². The molecule has 0 saturated carbocycles. The van der Waals surface area contributed by atoms with E-state index in [1.165, 1.54) is 6.08 Å². The Balaban J connectivity index is 1.71. The van der Waals surface area contributed by atoms with Gasteiger partial charge in [-0.15, -0.1) is 0 Å². The maximum Gasteiger partial charge on any atom is 0.331 e. The molecule has 25 heavy (non-hydrogen) atoms. The van der Waals surface area contributed by atoms with E-state index < -0.39 is 5.97 Å². The molecule has 6 heteroatoms. The van der Waals surface area contributed by atoms with Crippen molar-refractivity contribution in [1.82, 2.24) is 5.32 Å². The van der Waals surface area contributed by atoms with E-state index in [4.69, 9.17) is 21.1 Å². The maximum atomic E-state index is 11.7. The van der Waals surface area contributed by atoms with Crippen molar-refractivity contribution in [2.75, 3.05) is 13.7 Å². The first kappa shape index (κ1) is 18.5. The third-order valence-corrected chi connectivity index (χ3v) is 3.53. The Kier molecular flexibility index (Phi) is 7.04. The van der Waals surface area contributed by atoms with Gasteiger partial charge in [0.05, 0.1) is 7.11 Å². The lowest BCUT2D eigenvalue weighted by Gasteiger charge is -2.06. The number of hydrogen-bond acceptors (Lipinski definition) is 4. The fourth-order valence-corrected chi connectivity index (χ4v) is 2.04. The second kappa shape index (κ2) is 9.49. The van der Waals surface area contributed by atoms with Gasteiger partial charge in [0.15, 0.2) is 6.61 Å². The molecule has 0 aromatic heterocycles. The Morgan fingerprint density at radius 3 is 2.40 bits per heavy atom. The number of benzene rings is 2. The molecule has 130 valence electrons. The zero-order valence-electron chi connectivity index (χ0n) is 13.7. The van der Waals surface area contributed by atoms with Crippen LogP contribution in [0.15, 0.2) is 54.6 Å². The number of esters is 1. The van der Waals surface area contributed by atoms with Crippen LogP contribution in [0.1, 0.15) is 11.1 Å². The van der Waals surface area contributed by atoms with E-state index in [1.54, 1.807) is 37.5 Å². The molecule has 0 fully saturated rings. The lowest BCUT2D eigenvalue weighted by molar-refractivity contribution is -0.143. The molecule has 2 rings (SSSR count). The standard InChI is InChI=1S/C19H18ClNO4/c1-24-17-9-4-15(5-10-17)12-21-18(22)13-25-19(23)11-6-14-2-7-16(20)8-3-14/h2-11H,12-13H2,1H3,(H,21,22)/b11-6+. The van der Waals surface area contributed by atoms with Crippen LogP contribution >= 0.6 is 11.6 Å². The van der Waals surface area contributed by atoms with Gasteiger partial charge in [-0.1, -0.05) is 35.9 Å². The quantitative estimate of drug-likeness (QED) is 0.609. The normalized spacial score (nSPS) is 10.5. The van der Waals surface area contributed by atoms with Crippen LogP contribution in [0.25, 0.3) is 6.08 Å². The van der Waals surface area contributed by atoms with Gasteiger partial charge in [-0.2, -0.15) is 0 Å². The van der Waals surface area contributed by atoms with Gasteiger partial charge in [-0.05, 0) is 41.5 Å². The number of carbonyl (C=O) groups excluding carboxylic acids is 2. The molecule has 2 aromatic carbocycles. The highest BCUT2D eigenvalue weighted by molar-refractivity contribution is 6.30. The van der Waals surface area contributed by atoms with Crippen molar-refractivity contribution in [3.8, 4) is 5.75 Å². The van der Waals surface area contributed by atoms with E-state index >= 15 is 0 Å². The smallest absolute Gasteiger partial charge is 0.331 e. The topological polar surface area (TPSA) is 64.6 Å². The first-order valence-corrected chi connectivity index (χ1v) is 7.94. The molecule has 0 saturated heterocycles. The summed E-state index contributed by atoms with van der Waals surface area (Å²) in [6.07, 6.45) is 2.86. The summed E-state index contributed by atoms with van der Waals surface area (Å²) in [5.41, 5.74) is 1.73. The number of methoxy groups -OCH3 is 1. The summed E-state index contributed by atoms with van der Waals surface area (Å²) in [5, 5.41) is 3.29. The molecular formula is C19H18ClNO4. The molecule has 1 amide bonds. The number of halogens is 1. The minimum atomic E-state index is -0.588. The molecule has 2 aromatic rings. The second-order valence-electron chi connectivity index (χ2n) is 5.12. The van der Waals surface area contributed by atoms with Crippen molar-refractivity contribution >= 4 is 29.6 Å².